The highest BCUT2D eigenvalue weighted by Crippen LogP contribution is 2.41. The van der Waals surface area contributed by atoms with E-state index < -0.39 is 5.41 Å². The molecule has 1 N–H and O–H groups in total. The smallest absolute Gasteiger partial charge is 0.244 e. The quantitative estimate of drug-likeness (QED) is 0.847. The Bertz CT molecular complexity index is 823. The lowest BCUT2D eigenvalue weighted by molar-refractivity contribution is -0.136. The van der Waals surface area contributed by atoms with Crippen molar-refractivity contribution in [3.05, 3.63) is 42.4 Å². The van der Waals surface area contributed by atoms with Gasteiger partial charge in [-0.1, -0.05) is 18.9 Å². The maximum atomic E-state index is 13.1. The van der Waals surface area contributed by atoms with Gasteiger partial charge in [0, 0.05) is 37.7 Å². The van der Waals surface area contributed by atoms with Crippen molar-refractivity contribution < 1.29 is 14.3 Å². The van der Waals surface area contributed by atoms with Gasteiger partial charge in [-0.2, -0.15) is 5.10 Å². The van der Waals surface area contributed by atoms with Crippen LogP contribution in [-0.4, -0.2) is 57.8 Å². The summed E-state index contributed by atoms with van der Waals surface area (Å²) < 4.78 is 6.84. The van der Waals surface area contributed by atoms with Crippen molar-refractivity contribution in [2.75, 3.05) is 31.6 Å². The molecule has 0 unspecified atom stereocenters. The molecule has 3 heterocycles. The Morgan fingerprint density at radius 3 is 2.68 bits per heavy atom. The first-order valence-electron chi connectivity index (χ1n) is 9.78. The zero-order valence-corrected chi connectivity index (χ0v) is 15.8. The molecule has 4 rings (SSSR count). The Labute approximate surface area is 163 Å². The van der Waals surface area contributed by atoms with Crippen molar-refractivity contribution in [2.45, 2.75) is 37.6 Å². The maximum Gasteiger partial charge on any atom is 0.244 e. The Kier molecular flexibility index (Phi) is 5.38. The predicted octanol–water partition coefficient (Wildman–Crippen LogP) is 1.59. The van der Waals surface area contributed by atoms with Crippen LogP contribution in [0.15, 0.2) is 36.8 Å². The third kappa shape index (κ3) is 3.77. The van der Waals surface area contributed by atoms with Gasteiger partial charge in [-0.3, -0.25) is 19.3 Å². The Morgan fingerprint density at radius 1 is 1.18 bits per heavy atom. The first-order chi connectivity index (χ1) is 13.7. The standard InChI is InChI=1S/C20H25N5O3/c26-18(24-10-12-28-13-11-24)15-25-9-5-17(23-25)22-19(27)20(6-1-2-7-20)16-4-3-8-21-14-16/h3-5,8-9,14H,1-2,6-7,10-13,15H2,(H,22,23,27). The van der Waals surface area contributed by atoms with Crippen molar-refractivity contribution in [3.8, 4) is 0 Å². The molecule has 0 bridgehead atoms. The summed E-state index contributed by atoms with van der Waals surface area (Å²) in [4.78, 5) is 31.5. The Balaban J connectivity index is 1.43. The van der Waals surface area contributed by atoms with Crippen molar-refractivity contribution >= 4 is 17.6 Å². The van der Waals surface area contributed by atoms with Crippen LogP contribution in [0.2, 0.25) is 0 Å². The molecule has 2 fully saturated rings. The number of morpholine rings is 1. The zero-order chi connectivity index (χ0) is 19.4. The second kappa shape index (κ2) is 8.10. The topological polar surface area (TPSA) is 89.3 Å². The van der Waals surface area contributed by atoms with Gasteiger partial charge < -0.3 is 15.0 Å². The van der Waals surface area contributed by atoms with E-state index in [1.807, 2.05) is 12.1 Å². The molecule has 0 atom stereocenters. The number of nitrogens with one attached hydrogen (secondary N) is 1. The first-order valence-corrected chi connectivity index (χ1v) is 9.78. The maximum absolute atomic E-state index is 13.1. The monoisotopic (exact) mass is 383 g/mol. The Hall–Kier alpha value is -2.74. The molecule has 1 saturated carbocycles. The van der Waals surface area contributed by atoms with Gasteiger partial charge >= 0.3 is 0 Å². The average Bonchev–Trinajstić information content (AvgIpc) is 3.40. The van der Waals surface area contributed by atoms with Gasteiger partial charge in [-0.15, -0.1) is 0 Å². The van der Waals surface area contributed by atoms with Crippen LogP contribution in [0.25, 0.3) is 0 Å². The summed E-state index contributed by atoms with van der Waals surface area (Å²) in [5.41, 5.74) is 0.397. The normalized spacial score (nSPS) is 18.8. The third-order valence-corrected chi connectivity index (χ3v) is 5.65. The van der Waals surface area contributed by atoms with E-state index in [0.29, 0.717) is 32.1 Å². The highest BCUT2D eigenvalue weighted by atomic mass is 16.5. The summed E-state index contributed by atoms with van der Waals surface area (Å²) in [6.45, 7) is 2.52. The second-order valence-corrected chi connectivity index (χ2v) is 7.38. The molecule has 2 aromatic rings. The van der Waals surface area contributed by atoms with Gasteiger partial charge in [0.2, 0.25) is 11.8 Å². The predicted molar refractivity (Wildman–Crippen MR) is 103 cm³/mol. The van der Waals surface area contributed by atoms with Gasteiger partial charge in [0.05, 0.1) is 18.6 Å². The fourth-order valence-electron chi connectivity index (χ4n) is 4.07. The van der Waals surface area contributed by atoms with Crippen LogP contribution >= 0.6 is 0 Å². The van der Waals surface area contributed by atoms with Crippen molar-refractivity contribution in [3.63, 3.8) is 0 Å². The number of pyridine rings is 1. The largest absolute Gasteiger partial charge is 0.378 e. The second-order valence-electron chi connectivity index (χ2n) is 7.38. The first kappa shape index (κ1) is 18.6. The molecule has 1 aliphatic heterocycles. The van der Waals surface area contributed by atoms with E-state index in [4.69, 9.17) is 4.74 Å². The molecule has 2 aromatic heterocycles. The molecule has 0 aromatic carbocycles. The summed E-state index contributed by atoms with van der Waals surface area (Å²) in [7, 11) is 0. The molecule has 2 aliphatic rings. The number of carbonyl (C=O) groups is 2. The molecule has 0 radical (unpaired) electrons. The van der Waals surface area contributed by atoms with Crippen LogP contribution in [0.5, 0.6) is 0 Å². The van der Waals surface area contributed by atoms with Gasteiger partial charge in [0.15, 0.2) is 5.82 Å². The minimum absolute atomic E-state index is 0.00639. The van der Waals surface area contributed by atoms with Crippen molar-refractivity contribution in [1.82, 2.24) is 19.7 Å². The lowest BCUT2D eigenvalue weighted by Gasteiger charge is -2.27. The number of hydrogen-bond acceptors (Lipinski definition) is 5. The molecule has 0 spiro atoms. The minimum atomic E-state index is -0.554. The zero-order valence-electron chi connectivity index (χ0n) is 15.8. The highest BCUT2D eigenvalue weighted by Gasteiger charge is 2.43. The van der Waals surface area contributed by atoms with Crippen LogP contribution in [0.3, 0.4) is 0 Å². The number of ether oxygens (including phenoxy) is 1. The molecule has 148 valence electrons. The van der Waals surface area contributed by atoms with Crippen molar-refractivity contribution in [2.24, 2.45) is 0 Å². The molecule has 2 amide bonds. The highest BCUT2D eigenvalue weighted by molar-refractivity contribution is 5.98. The number of anilines is 1. The van der Waals surface area contributed by atoms with E-state index in [0.717, 1.165) is 31.2 Å². The van der Waals surface area contributed by atoms with Crippen LogP contribution in [0, 0.1) is 0 Å². The molecule has 8 nitrogen and oxygen atoms in total. The SMILES string of the molecule is O=C(Cn1ccc(NC(=O)C2(c3cccnc3)CCCC2)n1)N1CCOCC1. The van der Waals surface area contributed by atoms with E-state index in [9.17, 15) is 9.59 Å². The molecular formula is C20H25N5O3. The summed E-state index contributed by atoms with van der Waals surface area (Å²) in [6, 6.07) is 5.57. The van der Waals surface area contributed by atoms with Gasteiger partial charge in [-0.25, -0.2) is 0 Å². The summed E-state index contributed by atoms with van der Waals surface area (Å²) >= 11 is 0. The van der Waals surface area contributed by atoms with E-state index in [2.05, 4.69) is 15.4 Å². The number of hydrogen-bond donors (Lipinski definition) is 1. The van der Waals surface area contributed by atoms with E-state index in [-0.39, 0.29) is 18.4 Å². The molecule has 8 heteroatoms. The fourth-order valence-corrected chi connectivity index (χ4v) is 4.07. The van der Waals surface area contributed by atoms with Crippen molar-refractivity contribution in [1.29, 1.82) is 0 Å². The molecule has 1 aliphatic carbocycles. The summed E-state index contributed by atoms with van der Waals surface area (Å²) in [5, 5.41) is 7.32. The lowest BCUT2D eigenvalue weighted by atomic mass is 9.79. The molecule has 28 heavy (non-hydrogen) atoms. The minimum Gasteiger partial charge on any atom is -0.378 e. The van der Waals surface area contributed by atoms with Gasteiger partial charge in [0.25, 0.3) is 0 Å². The third-order valence-electron chi connectivity index (χ3n) is 5.65. The number of nitrogens with zero attached hydrogens (tertiary/aromatic N) is 4. The average molecular weight is 383 g/mol. The van der Waals surface area contributed by atoms with Gasteiger partial charge in [-0.05, 0) is 24.5 Å². The summed E-state index contributed by atoms with van der Waals surface area (Å²) in [6.07, 6.45) is 8.87. The molecule has 1 saturated heterocycles. The fraction of sp³-hybridized carbons (Fsp3) is 0.500. The van der Waals surface area contributed by atoms with Crippen LogP contribution in [-0.2, 0) is 26.3 Å². The van der Waals surface area contributed by atoms with E-state index in [1.54, 1.807) is 34.2 Å². The summed E-state index contributed by atoms with van der Waals surface area (Å²) in [5.74, 6) is 0.421. The number of amides is 2. The van der Waals surface area contributed by atoms with Crippen LogP contribution in [0.1, 0.15) is 31.2 Å². The lowest BCUT2D eigenvalue weighted by Crippen LogP contribution is -2.42. The number of rotatable bonds is 5. The van der Waals surface area contributed by atoms with Crippen LogP contribution < -0.4 is 5.32 Å². The number of carbonyl (C=O) groups excluding carboxylic acids is 2. The van der Waals surface area contributed by atoms with E-state index in [1.165, 1.54) is 0 Å². The number of aromatic nitrogens is 3. The Morgan fingerprint density at radius 2 is 1.96 bits per heavy atom. The molecular weight excluding hydrogens is 358 g/mol. The van der Waals surface area contributed by atoms with E-state index >= 15 is 0 Å². The van der Waals surface area contributed by atoms with Crippen LogP contribution in [0.4, 0.5) is 5.82 Å². The van der Waals surface area contributed by atoms with Gasteiger partial charge in [0.1, 0.15) is 6.54 Å².